The molecule has 3 aromatic rings. The van der Waals surface area contributed by atoms with E-state index in [0.29, 0.717) is 23.0 Å². The number of nitrogens with zero attached hydrogens (tertiary/aromatic N) is 1. The second-order valence-electron chi connectivity index (χ2n) is 5.79. The molecule has 0 aliphatic carbocycles. The van der Waals surface area contributed by atoms with Crippen LogP contribution < -0.4 is 14.8 Å². The predicted molar refractivity (Wildman–Crippen MR) is 108 cm³/mol. The van der Waals surface area contributed by atoms with Crippen LogP contribution in [0.25, 0.3) is 10.6 Å². The van der Waals surface area contributed by atoms with Crippen molar-refractivity contribution in [1.82, 2.24) is 10.3 Å². The van der Waals surface area contributed by atoms with Gasteiger partial charge in [-0.2, -0.15) is 0 Å². The number of nitrogens with one attached hydrogen (secondary N) is 1. The Hall–Kier alpha value is -2.65. The lowest BCUT2D eigenvalue weighted by molar-refractivity contribution is -0.118. The Kier molecular flexibility index (Phi) is 6.83. The van der Waals surface area contributed by atoms with Crippen LogP contribution in [0.5, 0.6) is 11.5 Å². The zero-order valence-electron chi connectivity index (χ0n) is 15.5. The Morgan fingerprint density at radius 3 is 2.86 bits per heavy atom. The Morgan fingerprint density at radius 1 is 1.29 bits per heavy atom. The summed E-state index contributed by atoms with van der Waals surface area (Å²) in [6.07, 6.45) is 1.54. The lowest BCUT2D eigenvalue weighted by Crippen LogP contribution is -2.28. The van der Waals surface area contributed by atoms with Crippen molar-refractivity contribution in [2.45, 2.75) is 12.3 Å². The van der Waals surface area contributed by atoms with Crippen molar-refractivity contribution in [3.63, 3.8) is 0 Å². The highest BCUT2D eigenvalue weighted by molar-refractivity contribution is 7.84. The summed E-state index contributed by atoms with van der Waals surface area (Å²) in [7, 11) is 1.83. The molecule has 1 aromatic carbocycles. The predicted octanol–water partition coefficient (Wildman–Crippen LogP) is 2.99. The standard InChI is InChI=1S/C19H20N2O5S2/c1-24-14-5-6-16(17(8-14)25-2)19-21-13(10-27-19)11-28(23)12-18(22)20-9-15-4-3-7-26-15/h3-8,10H,9,11-12H2,1-2H3,(H,20,22). The second-order valence-corrected chi connectivity index (χ2v) is 8.11. The first-order chi connectivity index (χ1) is 13.6. The third-order valence-electron chi connectivity index (χ3n) is 3.83. The van der Waals surface area contributed by atoms with E-state index in [1.54, 1.807) is 32.4 Å². The largest absolute Gasteiger partial charge is 0.497 e. The number of methoxy groups -OCH3 is 2. The fraction of sp³-hybridized carbons (Fsp3) is 0.263. The van der Waals surface area contributed by atoms with Crippen LogP contribution in [0.3, 0.4) is 0 Å². The summed E-state index contributed by atoms with van der Waals surface area (Å²) in [5, 5.41) is 5.29. The van der Waals surface area contributed by atoms with Crippen LogP contribution in [0.4, 0.5) is 0 Å². The van der Waals surface area contributed by atoms with Crippen molar-refractivity contribution in [2.75, 3.05) is 20.0 Å². The number of hydrogen-bond acceptors (Lipinski definition) is 7. The Morgan fingerprint density at radius 2 is 2.14 bits per heavy atom. The van der Waals surface area contributed by atoms with Gasteiger partial charge in [-0.25, -0.2) is 4.98 Å². The first kappa shape index (κ1) is 20.1. The van der Waals surface area contributed by atoms with Crippen molar-refractivity contribution in [2.24, 2.45) is 0 Å². The lowest BCUT2D eigenvalue weighted by Gasteiger charge is -2.08. The zero-order valence-corrected chi connectivity index (χ0v) is 17.1. The molecule has 1 atom stereocenters. The summed E-state index contributed by atoms with van der Waals surface area (Å²) in [5.74, 6) is 1.83. The van der Waals surface area contributed by atoms with Crippen LogP contribution >= 0.6 is 11.3 Å². The minimum absolute atomic E-state index is 0.0839. The van der Waals surface area contributed by atoms with Crippen LogP contribution in [0.15, 0.2) is 46.4 Å². The molecule has 0 saturated carbocycles. The highest BCUT2D eigenvalue weighted by Crippen LogP contribution is 2.35. The van der Waals surface area contributed by atoms with E-state index in [1.165, 1.54) is 17.6 Å². The van der Waals surface area contributed by atoms with E-state index in [1.807, 2.05) is 17.5 Å². The second kappa shape index (κ2) is 9.52. The number of carbonyl (C=O) groups excluding carboxylic acids is 1. The fourth-order valence-electron chi connectivity index (χ4n) is 2.48. The molecule has 0 saturated heterocycles. The molecule has 7 nitrogen and oxygen atoms in total. The van der Waals surface area contributed by atoms with E-state index in [-0.39, 0.29) is 24.0 Å². The maximum atomic E-state index is 12.3. The molecule has 0 aliphatic rings. The quantitative estimate of drug-likeness (QED) is 0.572. The normalized spacial score (nSPS) is 11.8. The number of thiazole rings is 1. The minimum Gasteiger partial charge on any atom is -0.497 e. The zero-order chi connectivity index (χ0) is 19.9. The third kappa shape index (κ3) is 5.20. The number of amides is 1. The molecule has 1 amide bonds. The first-order valence-electron chi connectivity index (χ1n) is 8.40. The highest BCUT2D eigenvalue weighted by atomic mass is 32.2. The number of rotatable bonds is 9. The number of ether oxygens (including phenoxy) is 2. The molecule has 1 unspecified atom stereocenters. The molecule has 2 heterocycles. The van der Waals surface area contributed by atoms with E-state index in [0.717, 1.165) is 10.6 Å². The summed E-state index contributed by atoms with van der Waals surface area (Å²) in [6.45, 7) is 0.279. The van der Waals surface area contributed by atoms with Crippen molar-refractivity contribution >= 4 is 28.0 Å². The molecule has 0 aliphatic heterocycles. The van der Waals surface area contributed by atoms with E-state index in [4.69, 9.17) is 13.9 Å². The Balaban J connectivity index is 1.58. The van der Waals surface area contributed by atoms with Crippen LogP contribution in [-0.4, -0.2) is 35.1 Å². The Labute approximate surface area is 169 Å². The van der Waals surface area contributed by atoms with Gasteiger partial charge in [0.05, 0.1) is 44.0 Å². The molecule has 0 spiro atoms. The number of hydrogen-bond donors (Lipinski definition) is 1. The smallest absolute Gasteiger partial charge is 0.233 e. The SMILES string of the molecule is COc1ccc(-c2nc(CS(=O)CC(=O)NCc3ccco3)cs2)c(OC)c1. The van der Waals surface area contributed by atoms with E-state index < -0.39 is 10.8 Å². The van der Waals surface area contributed by atoms with Gasteiger partial charge in [-0.05, 0) is 24.3 Å². The van der Waals surface area contributed by atoms with E-state index in [2.05, 4.69) is 10.3 Å². The average Bonchev–Trinajstić information content (AvgIpc) is 3.37. The van der Waals surface area contributed by atoms with Gasteiger partial charge in [-0.1, -0.05) is 0 Å². The summed E-state index contributed by atoms with van der Waals surface area (Å²) in [5.41, 5.74) is 1.51. The number of carbonyl (C=O) groups is 1. The van der Waals surface area contributed by atoms with Crippen LogP contribution in [0.2, 0.25) is 0 Å². The molecule has 0 bridgehead atoms. The molecule has 2 aromatic heterocycles. The Bertz CT molecular complexity index is 953. The van der Waals surface area contributed by atoms with E-state index in [9.17, 15) is 9.00 Å². The first-order valence-corrected chi connectivity index (χ1v) is 10.8. The molecule has 0 fully saturated rings. The number of furan rings is 1. The van der Waals surface area contributed by atoms with Gasteiger partial charge < -0.3 is 19.2 Å². The van der Waals surface area contributed by atoms with Gasteiger partial charge in [0, 0.05) is 22.2 Å². The van der Waals surface area contributed by atoms with Gasteiger partial charge in [0.25, 0.3) is 0 Å². The van der Waals surface area contributed by atoms with Crippen molar-refractivity contribution < 1.29 is 22.9 Å². The van der Waals surface area contributed by atoms with Crippen molar-refractivity contribution in [1.29, 1.82) is 0 Å². The van der Waals surface area contributed by atoms with Crippen LogP contribution in [0, 0.1) is 0 Å². The van der Waals surface area contributed by atoms with Gasteiger partial charge in [-0.15, -0.1) is 11.3 Å². The topological polar surface area (TPSA) is 90.7 Å². The van der Waals surface area contributed by atoms with Crippen molar-refractivity contribution in [3.8, 4) is 22.1 Å². The summed E-state index contributed by atoms with van der Waals surface area (Å²) in [6, 6.07) is 9.01. The molecule has 0 radical (unpaired) electrons. The molecule has 1 N–H and O–H groups in total. The minimum atomic E-state index is -1.35. The maximum Gasteiger partial charge on any atom is 0.233 e. The third-order valence-corrected chi connectivity index (χ3v) is 5.96. The monoisotopic (exact) mass is 420 g/mol. The summed E-state index contributed by atoms with van der Waals surface area (Å²) in [4.78, 5) is 16.5. The molecular formula is C19H20N2O5S2. The maximum absolute atomic E-state index is 12.3. The van der Waals surface area contributed by atoms with Gasteiger partial charge in [0.2, 0.25) is 5.91 Å². The van der Waals surface area contributed by atoms with Crippen molar-refractivity contribution in [3.05, 3.63) is 53.4 Å². The lowest BCUT2D eigenvalue weighted by atomic mass is 10.2. The average molecular weight is 421 g/mol. The van der Waals surface area contributed by atoms with Gasteiger partial charge in [-0.3, -0.25) is 9.00 Å². The summed E-state index contributed by atoms with van der Waals surface area (Å²) < 4.78 is 28.0. The van der Waals surface area contributed by atoms with Gasteiger partial charge in [0.15, 0.2) is 0 Å². The van der Waals surface area contributed by atoms with Gasteiger partial charge >= 0.3 is 0 Å². The number of benzene rings is 1. The highest BCUT2D eigenvalue weighted by Gasteiger charge is 2.14. The summed E-state index contributed by atoms with van der Waals surface area (Å²) >= 11 is 1.44. The molecule has 148 valence electrons. The number of aromatic nitrogens is 1. The molecule has 28 heavy (non-hydrogen) atoms. The molecule has 9 heteroatoms. The van der Waals surface area contributed by atoms with Crippen LogP contribution in [0.1, 0.15) is 11.5 Å². The molecule has 3 rings (SSSR count). The molecular weight excluding hydrogens is 400 g/mol. The van der Waals surface area contributed by atoms with E-state index >= 15 is 0 Å². The van der Waals surface area contributed by atoms with Gasteiger partial charge in [0.1, 0.15) is 28.0 Å². The van der Waals surface area contributed by atoms with Crippen LogP contribution in [-0.2, 0) is 27.9 Å². The fourth-order valence-corrected chi connectivity index (χ4v) is 4.41.